The molecule has 0 bridgehead atoms. The smallest absolute Gasteiger partial charge is 0.333 e. The van der Waals surface area contributed by atoms with Gasteiger partial charge in [0.05, 0.1) is 60.6 Å². The molecule has 0 spiro atoms. The average Bonchev–Trinajstić information content (AvgIpc) is 3.83. The van der Waals surface area contributed by atoms with Gasteiger partial charge in [-0.15, -0.1) is 5.06 Å². The molecule has 5 rings (SSSR count). The van der Waals surface area contributed by atoms with Crippen LogP contribution in [0.5, 0.6) is 0 Å². The van der Waals surface area contributed by atoms with E-state index in [1.807, 2.05) is 54.6 Å². The van der Waals surface area contributed by atoms with E-state index in [1.165, 1.54) is 31.4 Å². The van der Waals surface area contributed by atoms with Gasteiger partial charge in [0.1, 0.15) is 6.61 Å². The maximum Gasteiger partial charge on any atom is 0.333 e. The number of nitrogens with zero attached hydrogens (tertiary/aromatic N) is 3. The molecule has 1 saturated heterocycles. The van der Waals surface area contributed by atoms with Crippen molar-refractivity contribution in [2.75, 3.05) is 90.8 Å². The van der Waals surface area contributed by atoms with Gasteiger partial charge in [-0.05, 0) is 88.4 Å². The lowest BCUT2D eigenvalue weighted by Crippen LogP contribution is -2.33. The molecule has 0 saturated carbocycles. The van der Waals surface area contributed by atoms with Crippen molar-refractivity contribution in [1.82, 2.24) is 5.06 Å². The van der Waals surface area contributed by atoms with E-state index in [0.717, 1.165) is 0 Å². The number of carbonyl (C=O) groups excluding carboxylic acids is 3. The fourth-order valence-electron chi connectivity index (χ4n) is 8.81. The van der Waals surface area contributed by atoms with E-state index in [2.05, 4.69) is 0 Å². The maximum absolute atomic E-state index is 12.8. The van der Waals surface area contributed by atoms with Crippen LogP contribution in [0.3, 0.4) is 0 Å². The number of hydrogen-bond acceptors (Lipinski definition) is 16. The predicted octanol–water partition coefficient (Wildman–Crippen LogP) is 4.49. The zero-order chi connectivity index (χ0) is 52.2. The van der Waals surface area contributed by atoms with Crippen LogP contribution in [-0.4, -0.2) is 158 Å². The number of allylic oxidation sites excluding steroid dienone is 6. The summed E-state index contributed by atoms with van der Waals surface area (Å²) in [5.74, 6) is -2.58. The van der Waals surface area contributed by atoms with E-state index in [0.29, 0.717) is 77.4 Å². The van der Waals surface area contributed by atoms with E-state index in [9.17, 15) is 53.3 Å². The fourth-order valence-corrected chi connectivity index (χ4v) is 10.3. The highest BCUT2D eigenvalue weighted by Gasteiger charge is 2.48. The minimum absolute atomic E-state index is 0.0119. The summed E-state index contributed by atoms with van der Waals surface area (Å²) in [5.41, 5.74) is 2.25. The fraction of sp³-hybridized carbons (Fsp3) is 0.532. The molecule has 2 atom stereocenters. The number of hydrogen-bond donors (Lipinski definition) is 3. The molecule has 2 unspecified atom stereocenters. The third kappa shape index (κ3) is 14.9. The molecule has 3 N–H and O–H groups in total. The standard InChI is InChI=1S/C47H63N3O18S3/c1-34(10-16-42-47(3,20-23-63-4)38-33-36(71(60,61)62)11-13-39(38)48(42)21-6-8-45(53)68-50-43(51)17-18-44(50)52)9-15-41-46(2,19-7-31-69(54,55)56)37-32-35(70(57,58)59)12-14-40(37)49(41)22-24-65-27-28-67-30-29-66-26-25-64-5/h9-16,32-33H,6-8,17-31H2,1-5H3,(H2-,54,55,56,57,58,59,60,61,62)/p+1. The lowest BCUT2D eigenvalue weighted by Gasteiger charge is -2.30. The predicted molar refractivity (Wildman–Crippen MR) is 258 cm³/mol. The Bertz CT molecular complexity index is 2740. The highest BCUT2D eigenvalue weighted by atomic mass is 32.2. The van der Waals surface area contributed by atoms with Crippen LogP contribution < -0.4 is 4.90 Å². The number of methoxy groups -OCH3 is 2. The van der Waals surface area contributed by atoms with Crippen molar-refractivity contribution in [2.24, 2.45) is 0 Å². The summed E-state index contributed by atoms with van der Waals surface area (Å²) in [4.78, 5) is 43.3. The van der Waals surface area contributed by atoms with Crippen LogP contribution in [0, 0.1) is 0 Å². The van der Waals surface area contributed by atoms with Crippen LogP contribution in [0.2, 0.25) is 0 Å². The Balaban J connectivity index is 1.51. The van der Waals surface area contributed by atoms with E-state index in [1.54, 1.807) is 19.2 Å². The van der Waals surface area contributed by atoms with Gasteiger partial charge >= 0.3 is 5.97 Å². The molecular weight excluding hydrogens is 991 g/mol. The largest absolute Gasteiger partial charge is 0.385 e. The Morgan fingerprint density at radius 1 is 0.746 bits per heavy atom. The summed E-state index contributed by atoms with van der Waals surface area (Å²) in [6.45, 7) is 8.62. The Labute approximate surface area is 415 Å². The molecule has 2 aromatic carbocycles. The molecule has 71 heavy (non-hydrogen) atoms. The highest BCUT2D eigenvalue weighted by molar-refractivity contribution is 7.86. The summed E-state index contributed by atoms with van der Waals surface area (Å²) < 4.78 is 133. The maximum atomic E-state index is 12.8. The molecule has 1 fully saturated rings. The number of hydroxylamine groups is 2. The van der Waals surface area contributed by atoms with Crippen molar-refractivity contribution >= 4 is 65.2 Å². The lowest BCUT2D eigenvalue weighted by molar-refractivity contribution is -0.442. The minimum atomic E-state index is -4.66. The second-order valence-electron chi connectivity index (χ2n) is 17.6. The van der Waals surface area contributed by atoms with Crippen molar-refractivity contribution in [3.8, 4) is 0 Å². The number of benzene rings is 2. The Morgan fingerprint density at radius 3 is 1.92 bits per heavy atom. The minimum Gasteiger partial charge on any atom is -0.385 e. The number of imide groups is 1. The van der Waals surface area contributed by atoms with Crippen molar-refractivity contribution in [3.05, 3.63) is 83.1 Å². The van der Waals surface area contributed by atoms with Crippen molar-refractivity contribution < 1.29 is 86.4 Å². The van der Waals surface area contributed by atoms with E-state index in [4.69, 9.17) is 28.5 Å². The average molecular weight is 1060 g/mol. The van der Waals surface area contributed by atoms with Gasteiger partial charge in [0.2, 0.25) is 5.69 Å². The van der Waals surface area contributed by atoms with E-state index >= 15 is 0 Å². The van der Waals surface area contributed by atoms with E-state index < -0.39 is 64.7 Å². The van der Waals surface area contributed by atoms with Crippen LogP contribution >= 0.6 is 0 Å². The normalized spacial score (nSPS) is 20.3. The number of ether oxygens (including phenoxy) is 5. The van der Waals surface area contributed by atoms with Crippen molar-refractivity contribution in [1.29, 1.82) is 0 Å². The first-order chi connectivity index (χ1) is 33.4. The first kappa shape index (κ1) is 57.2. The monoisotopic (exact) mass is 1050 g/mol. The van der Waals surface area contributed by atoms with Gasteiger partial charge in [-0.2, -0.15) is 29.8 Å². The SMILES string of the molecule is COCCOCCOCCOCC[N+]1=C(C=CC(C)=CC=C2N(CCCC(=O)ON3C(=O)CCC3=O)c3ccc(S(=O)(=O)O)cc3C2(C)CCOC)C(C)(CCCS(=O)(=O)O)c2cc(S(=O)(=O)O)ccc21. The molecule has 0 radical (unpaired) electrons. The third-order valence-corrected chi connectivity index (χ3v) is 15.0. The molecular formula is C47H64N3O18S3+. The molecule has 2 aromatic rings. The van der Waals surface area contributed by atoms with Gasteiger partial charge in [-0.3, -0.25) is 23.2 Å². The van der Waals surface area contributed by atoms with E-state index in [-0.39, 0.29) is 87.8 Å². The first-order valence-electron chi connectivity index (χ1n) is 22.9. The molecule has 0 aromatic heterocycles. The molecule has 392 valence electrons. The summed E-state index contributed by atoms with van der Waals surface area (Å²) in [7, 11) is -10.5. The zero-order valence-electron chi connectivity index (χ0n) is 40.5. The van der Waals surface area contributed by atoms with Crippen LogP contribution in [0.1, 0.15) is 76.8 Å². The zero-order valence-corrected chi connectivity index (χ0v) is 43.0. The Kier molecular flexibility index (Phi) is 20.0. The summed E-state index contributed by atoms with van der Waals surface area (Å²) >= 11 is 0. The van der Waals surface area contributed by atoms with Gasteiger partial charge < -0.3 is 33.4 Å². The quantitative estimate of drug-likeness (QED) is 0.0333. The summed E-state index contributed by atoms with van der Waals surface area (Å²) in [6, 6.07) is 8.44. The molecule has 0 aliphatic carbocycles. The number of carbonyl (C=O) groups is 3. The lowest BCUT2D eigenvalue weighted by atomic mass is 9.75. The van der Waals surface area contributed by atoms with Crippen LogP contribution in [-0.2, 0) is 84.1 Å². The van der Waals surface area contributed by atoms with Crippen LogP contribution in [0.25, 0.3) is 0 Å². The Morgan fingerprint density at radius 2 is 1.32 bits per heavy atom. The molecule has 24 heteroatoms. The van der Waals surface area contributed by atoms with Crippen molar-refractivity contribution in [3.63, 3.8) is 0 Å². The van der Waals surface area contributed by atoms with Crippen LogP contribution in [0.4, 0.5) is 11.4 Å². The summed E-state index contributed by atoms with van der Waals surface area (Å²) in [6.07, 6.45) is 7.66. The first-order valence-corrected chi connectivity index (χ1v) is 27.4. The van der Waals surface area contributed by atoms with Gasteiger partial charge in [0, 0.05) is 81.1 Å². The molecule has 21 nitrogen and oxygen atoms in total. The number of amides is 2. The third-order valence-electron chi connectivity index (χ3n) is 12.5. The molecule has 3 aliphatic rings. The second-order valence-corrected chi connectivity index (χ2v) is 22.0. The van der Waals surface area contributed by atoms with Gasteiger partial charge in [-0.1, -0.05) is 17.7 Å². The van der Waals surface area contributed by atoms with Gasteiger partial charge in [0.25, 0.3) is 42.2 Å². The summed E-state index contributed by atoms with van der Waals surface area (Å²) in [5, 5.41) is 0.481. The molecule has 3 heterocycles. The number of fused-ring (bicyclic) bond motifs is 2. The van der Waals surface area contributed by atoms with Crippen molar-refractivity contribution in [2.45, 2.75) is 86.3 Å². The number of rotatable bonds is 29. The molecule has 3 aliphatic heterocycles. The Hall–Kier alpha value is -4.73. The number of anilines is 1. The van der Waals surface area contributed by atoms with Crippen LogP contribution in [0.15, 0.2) is 81.8 Å². The topological polar surface area (TPSA) is 279 Å². The highest BCUT2D eigenvalue weighted by Crippen LogP contribution is 2.51. The molecule has 2 amide bonds. The van der Waals surface area contributed by atoms with Gasteiger partial charge in [0.15, 0.2) is 12.3 Å². The second kappa shape index (κ2) is 24.8. The van der Waals surface area contributed by atoms with Gasteiger partial charge in [-0.25, -0.2) is 4.79 Å².